The van der Waals surface area contributed by atoms with E-state index in [0.29, 0.717) is 11.5 Å². The fourth-order valence-corrected chi connectivity index (χ4v) is 4.25. The Labute approximate surface area is 151 Å². The highest BCUT2D eigenvalue weighted by Gasteiger charge is 2.26. The second kappa shape index (κ2) is 7.23. The van der Waals surface area contributed by atoms with Crippen LogP contribution in [0.1, 0.15) is 28.8 Å². The Kier molecular flexibility index (Phi) is 4.65. The van der Waals surface area contributed by atoms with E-state index in [2.05, 4.69) is 40.5 Å². The molecule has 4 nitrogen and oxygen atoms in total. The number of benzene rings is 1. The highest BCUT2D eigenvalue weighted by atomic mass is 32.1. The highest BCUT2D eigenvalue weighted by molar-refractivity contribution is 7.13. The third-order valence-electron chi connectivity index (χ3n) is 4.91. The number of piperidine rings is 1. The number of rotatable bonds is 4. The monoisotopic (exact) mass is 351 g/mol. The SMILES string of the molecule is O=C(c1cn[nH]c1-c1cccs1)N1CCC(Cc2ccccc2)CC1. The maximum absolute atomic E-state index is 12.9. The van der Waals surface area contributed by atoms with E-state index >= 15 is 0 Å². The quantitative estimate of drug-likeness (QED) is 0.764. The fourth-order valence-electron chi connectivity index (χ4n) is 3.51. The van der Waals surface area contributed by atoms with Crippen LogP contribution in [-0.4, -0.2) is 34.1 Å². The van der Waals surface area contributed by atoms with Gasteiger partial charge in [0.05, 0.1) is 22.3 Å². The van der Waals surface area contributed by atoms with Crippen LogP contribution in [0, 0.1) is 5.92 Å². The van der Waals surface area contributed by atoms with Crippen LogP contribution in [-0.2, 0) is 6.42 Å². The van der Waals surface area contributed by atoms with Gasteiger partial charge in [-0.25, -0.2) is 0 Å². The van der Waals surface area contributed by atoms with Gasteiger partial charge in [0.25, 0.3) is 5.91 Å². The minimum Gasteiger partial charge on any atom is -0.339 e. The van der Waals surface area contributed by atoms with Gasteiger partial charge in [0.2, 0.25) is 0 Å². The van der Waals surface area contributed by atoms with Gasteiger partial charge in [0.15, 0.2) is 0 Å². The Morgan fingerprint density at radius 1 is 1.16 bits per heavy atom. The van der Waals surface area contributed by atoms with Crippen molar-refractivity contribution in [1.82, 2.24) is 15.1 Å². The van der Waals surface area contributed by atoms with Gasteiger partial charge in [0.1, 0.15) is 0 Å². The number of likely N-dealkylation sites (tertiary alicyclic amines) is 1. The molecule has 5 heteroatoms. The highest BCUT2D eigenvalue weighted by Crippen LogP contribution is 2.28. The molecule has 1 aliphatic rings. The summed E-state index contributed by atoms with van der Waals surface area (Å²) in [4.78, 5) is 15.9. The number of hydrogen-bond donors (Lipinski definition) is 1. The van der Waals surface area contributed by atoms with Gasteiger partial charge >= 0.3 is 0 Å². The van der Waals surface area contributed by atoms with Crippen molar-refractivity contribution in [1.29, 1.82) is 0 Å². The molecule has 3 aromatic rings. The number of H-pyrrole nitrogens is 1. The van der Waals surface area contributed by atoms with Crippen molar-refractivity contribution >= 4 is 17.2 Å². The smallest absolute Gasteiger partial charge is 0.257 e. The molecule has 1 amide bonds. The summed E-state index contributed by atoms with van der Waals surface area (Å²) in [6.07, 6.45) is 4.89. The zero-order valence-corrected chi connectivity index (χ0v) is 14.8. The van der Waals surface area contributed by atoms with Gasteiger partial charge in [0, 0.05) is 13.1 Å². The van der Waals surface area contributed by atoms with Crippen LogP contribution in [0.5, 0.6) is 0 Å². The number of carbonyl (C=O) groups excluding carboxylic acids is 1. The zero-order valence-electron chi connectivity index (χ0n) is 14.0. The Morgan fingerprint density at radius 2 is 1.96 bits per heavy atom. The summed E-state index contributed by atoms with van der Waals surface area (Å²) in [6, 6.07) is 14.6. The van der Waals surface area contributed by atoms with Crippen LogP contribution in [0.15, 0.2) is 54.0 Å². The maximum Gasteiger partial charge on any atom is 0.257 e. The van der Waals surface area contributed by atoms with E-state index in [9.17, 15) is 4.79 Å². The van der Waals surface area contributed by atoms with Crippen molar-refractivity contribution in [3.63, 3.8) is 0 Å². The third-order valence-corrected chi connectivity index (χ3v) is 5.79. The molecule has 1 saturated heterocycles. The lowest BCUT2D eigenvalue weighted by Gasteiger charge is -2.32. The van der Waals surface area contributed by atoms with E-state index in [-0.39, 0.29) is 5.91 Å². The molecular formula is C20H21N3OS. The standard InChI is InChI=1S/C20H21N3OS/c24-20(17-14-21-22-19(17)18-7-4-12-25-18)23-10-8-16(9-11-23)13-15-5-2-1-3-6-15/h1-7,12,14,16H,8-11,13H2,(H,21,22). The van der Waals surface area contributed by atoms with Crippen molar-refractivity contribution in [2.45, 2.75) is 19.3 Å². The third kappa shape index (κ3) is 3.51. The van der Waals surface area contributed by atoms with Crippen LogP contribution in [0.25, 0.3) is 10.6 Å². The second-order valence-electron chi connectivity index (χ2n) is 6.56. The van der Waals surface area contributed by atoms with Crippen LogP contribution in [0.4, 0.5) is 0 Å². The largest absolute Gasteiger partial charge is 0.339 e. The Balaban J connectivity index is 1.40. The number of amides is 1. The molecule has 2 aromatic heterocycles. The molecule has 0 spiro atoms. The Hall–Kier alpha value is -2.40. The van der Waals surface area contributed by atoms with E-state index in [1.54, 1.807) is 17.5 Å². The molecular weight excluding hydrogens is 330 g/mol. The van der Waals surface area contributed by atoms with Gasteiger partial charge in [-0.3, -0.25) is 9.89 Å². The summed E-state index contributed by atoms with van der Waals surface area (Å²) in [7, 11) is 0. The summed E-state index contributed by atoms with van der Waals surface area (Å²) in [5.74, 6) is 0.753. The molecule has 4 rings (SSSR count). The molecule has 1 fully saturated rings. The summed E-state index contributed by atoms with van der Waals surface area (Å²) in [5, 5.41) is 9.09. The first-order valence-corrected chi connectivity index (χ1v) is 9.59. The second-order valence-corrected chi connectivity index (χ2v) is 7.51. The first kappa shape index (κ1) is 16.1. The number of carbonyl (C=O) groups is 1. The van der Waals surface area contributed by atoms with Crippen molar-refractivity contribution in [3.05, 3.63) is 65.2 Å². The van der Waals surface area contributed by atoms with E-state index < -0.39 is 0 Å². The van der Waals surface area contributed by atoms with Crippen LogP contribution in [0.3, 0.4) is 0 Å². The van der Waals surface area contributed by atoms with E-state index in [1.165, 1.54) is 5.56 Å². The lowest BCUT2D eigenvalue weighted by atomic mass is 9.90. The average molecular weight is 351 g/mol. The number of aromatic amines is 1. The van der Waals surface area contributed by atoms with Crippen molar-refractivity contribution in [2.75, 3.05) is 13.1 Å². The molecule has 1 aromatic carbocycles. The molecule has 0 saturated carbocycles. The fraction of sp³-hybridized carbons (Fsp3) is 0.300. The van der Waals surface area contributed by atoms with Gasteiger partial charge in [-0.05, 0) is 42.2 Å². The Morgan fingerprint density at radius 3 is 2.68 bits per heavy atom. The summed E-state index contributed by atoms with van der Waals surface area (Å²) < 4.78 is 0. The first-order valence-electron chi connectivity index (χ1n) is 8.71. The van der Waals surface area contributed by atoms with Gasteiger partial charge in [-0.2, -0.15) is 5.10 Å². The first-order chi connectivity index (χ1) is 12.3. The predicted molar refractivity (Wildman–Crippen MR) is 101 cm³/mol. The number of nitrogens with zero attached hydrogens (tertiary/aromatic N) is 2. The molecule has 0 radical (unpaired) electrons. The molecule has 3 heterocycles. The number of nitrogens with one attached hydrogen (secondary N) is 1. The van der Waals surface area contributed by atoms with Crippen molar-refractivity contribution in [3.8, 4) is 10.6 Å². The summed E-state index contributed by atoms with van der Waals surface area (Å²) in [5.41, 5.74) is 2.91. The lowest BCUT2D eigenvalue weighted by Crippen LogP contribution is -2.39. The minimum atomic E-state index is 0.0929. The zero-order chi connectivity index (χ0) is 17.1. The maximum atomic E-state index is 12.9. The van der Waals surface area contributed by atoms with E-state index in [4.69, 9.17) is 0 Å². The predicted octanol–water partition coefficient (Wildman–Crippen LogP) is 4.23. The topological polar surface area (TPSA) is 49.0 Å². The van der Waals surface area contributed by atoms with Gasteiger partial charge < -0.3 is 4.90 Å². The van der Waals surface area contributed by atoms with Crippen LogP contribution < -0.4 is 0 Å². The number of aromatic nitrogens is 2. The molecule has 25 heavy (non-hydrogen) atoms. The molecule has 0 bridgehead atoms. The summed E-state index contributed by atoms with van der Waals surface area (Å²) >= 11 is 1.62. The molecule has 0 unspecified atom stereocenters. The van der Waals surface area contributed by atoms with Crippen LogP contribution in [0.2, 0.25) is 0 Å². The van der Waals surface area contributed by atoms with Gasteiger partial charge in [-0.15, -0.1) is 11.3 Å². The number of thiophene rings is 1. The normalized spacial score (nSPS) is 15.4. The Bertz CT molecular complexity index is 818. The van der Waals surface area contributed by atoms with Gasteiger partial charge in [-0.1, -0.05) is 36.4 Å². The summed E-state index contributed by atoms with van der Waals surface area (Å²) in [6.45, 7) is 1.65. The van der Waals surface area contributed by atoms with E-state index in [0.717, 1.165) is 42.9 Å². The van der Waals surface area contributed by atoms with Crippen molar-refractivity contribution in [2.24, 2.45) is 5.92 Å². The lowest BCUT2D eigenvalue weighted by molar-refractivity contribution is 0.0691. The molecule has 1 N–H and O–H groups in total. The molecule has 128 valence electrons. The average Bonchev–Trinajstić information content (AvgIpc) is 3.34. The molecule has 0 atom stereocenters. The number of hydrogen-bond acceptors (Lipinski definition) is 3. The van der Waals surface area contributed by atoms with Crippen LogP contribution >= 0.6 is 11.3 Å². The molecule has 0 aliphatic carbocycles. The minimum absolute atomic E-state index is 0.0929. The molecule has 1 aliphatic heterocycles. The van der Waals surface area contributed by atoms with E-state index in [1.807, 2.05) is 22.4 Å². The van der Waals surface area contributed by atoms with Crippen molar-refractivity contribution < 1.29 is 4.79 Å².